The fourth-order valence-corrected chi connectivity index (χ4v) is 8.04. The largest absolute Gasteiger partial charge is 0.457 e. The van der Waals surface area contributed by atoms with Crippen molar-refractivity contribution in [2.24, 2.45) is 0 Å². The third-order valence-electron chi connectivity index (χ3n) is 10.4. The summed E-state index contributed by atoms with van der Waals surface area (Å²) in [4.78, 5) is 10.4. The number of rotatable bonds is 4. The van der Waals surface area contributed by atoms with Crippen LogP contribution < -0.4 is 4.74 Å². The molecular formula is C48H29N3O. The minimum absolute atomic E-state index is 0.641. The first-order valence-corrected chi connectivity index (χ1v) is 17.4. The van der Waals surface area contributed by atoms with E-state index in [0.717, 1.165) is 67.4 Å². The first-order chi connectivity index (χ1) is 25.7. The molecule has 0 amide bonds. The zero-order chi connectivity index (χ0) is 34.6. The lowest BCUT2D eigenvalue weighted by Crippen LogP contribution is -2.32. The molecule has 0 N–H and O–H groups in total. The van der Waals surface area contributed by atoms with Crippen LogP contribution in [0.2, 0.25) is 0 Å². The minimum Gasteiger partial charge on any atom is -0.457 e. The number of ether oxygens (including phenoxy) is 1. The van der Waals surface area contributed by atoms with Crippen LogP contribution in [0.1, 0.15) is 27.8 Å². The summed E-state index contributed by atoms with van der Waals surface area (Å²) in [6, 6.07) is 63.0. The maximum Gasteiger partial charge on any atom is 0.160 e. The quantitative estimate of drug-likeness (QED) is 0.188. The Bertz CT molecular complexity index is 2610. The van der Waals surface area contributed by atoms with E-state index >= 15 is 0 Å². The Labute approximate surface area is 301 Å². The van der Waals surface area contributed by atoms with Crippen LogP contribution in [0.5, 0.6) is 11.5 Å². The van der Waals surface area contributed by atoms with E-state index < -0.39 is 5.41 Å². The third kappa shape index (κ3) is 4.54. The zero-order valence-electron chi connectivity index (χ0n) is 28.0. The van der Waals surface area contributed by atoms with E-state index in [4.69, 9.17) is 14.7 Å². The molecule has 2 aliphatic rings. The van der Waals surface area contributed by atoms with Crippen molar-refractivity contribution in [3.05, 3.63) is 204 Å². The van der Waals surface area contributed by atoms with Gasteiger partial charge in [-0.1, -0.05) is 133 Å². The van der Waals surface area contributed by atoms with E-state index in [0.29, 0.717) is 11.4 Å². The number of nitriles is 1. The van der Waals surface area contributed by atoms with Gasteiger partial charge in [0.25, 0.3) is 0 Å². The van der Waals surface area contributed by atoms with Crippen molar-refractivity contribution < 1.29 is 4.74 Å². The number of para-hydroxylation sites is 2. The molecule has 4 nitrogen and oxygen atoms in total. The van der Waals surface area contributed by atoms with Crippen LogP contribution in [0.15, 0.2) is 176 Å². The van der Waals surface area contributed by atoms with Gasteiger partial charge in [0, 0.05) is 27.8 Å². The molecule has 8 aromatic rings. The number of hydrogen-bond acceptors (Lipinski definition) is 4. The first kappa shape index (κ1) is 29.8. The van der Waals surface area contributed by atoms with Gasteiger partial charge in [-0.25, -0.2) is 9.97 Å². The Morgan fingerprint density at radius 3 is 1.46 bits per heavy atom. The molecule has 2 heterocycles. The van der Waals surface area contributed by atoms with E-state index in [9.17, 15) is 5.26 Å². The molecule has 52 heavy (non-hydrogen) atoms. The Balaban J connectivity index is 1.25. The van der Waals surface area contributed by atoms with Crippen molar-refractivity contribution >= 4 is 0 Å². The molecule has 1 spiro atoms. The highest BCUT2D eigenvalue weighted by Crippen LogP contribution is 2.62. The minimum atomic E-state index is -0.673. The Morgan fingerprint density at radius 1 is 0.423 bits per heavy atom. The molecule has 7 aromatic carbocycles. The molecule has 0 atom stereocenters. The summed E-state index contributed by atoms with van der Waals surface area (Å²) in [5.41, 5.74) is 13.7. The number of benzene rings is 7. The molecule has 1 aliphatic heterocycles. The predicted octanol–water partition coefficient (Wildman–Crippen LogP) is 11.5. The molecular weight excluding hydrogens is 635 g/mol. The van der Waals surface area contributed by atoms with Gasteiger partial charge >= 0.3 is 0 Å². The van der Waals surface area contributed by atoms with Crippen LogP contribution in [0.4, 0.5) is 0 Å². The second kappa shape index (κ2) is 11.8. The van der Waals surface area contributed by atoms with Crippen LogP contribution in [-0.4, -0.2) is 9.97 Å². The van der Waals surface area contributed by atoms with E-state index in [-0.39, 0.29) is 0 Å². The smallest absolute Gasteiger partial charge is 0.160 e. The van der Waals surface area contributed by atoms with Crippen molar-refractivity contribution in [1.82, 2.24) is 9.97 Å². The molecule has 4 heteroatoms. The van der Waals surface area contributed by atoms with Gasteiger partial charge in [0.05, 0.1) is 28.4 Å². The van der Waals surface area contributed by atoms with Gasteiger partial charge in [-0.15, -0.1) is 0 Å². The van der Waals surface area contributed by atoms with Crippen molar-refractivity contribution in [3.63, 3.8) is 0 Å². The molecule has 0 bridgehead atoms. The summed E-state index contributed by atoms with van der Waals surface area (Å²) in [5.74, 6) is 2.34. The average Bonchev–Trinajstić information content (AvgIpc) is 3.50. The maximum atomic E-state index is 9.46. The second-order valence-corrected chi connectivity index (χ2v) is 13.2. The van der Waals surface area contributed by atoms with Gasteiger partial charge < -0.3 is 4.74 Å². The van der Waals surface area contributed by atoms with E-state index in [2.05, 4.69) is 109 Å². The third-order valence-corrected chi connectivity index (χ3v) is 10.4. The Kier molecular flexibility index (Phi) is 6.74. The predicted molar refractivity (Wildman–Crippen MR) is 206 cm³/mol. The van der Waals surface area contributed by atoms with Crippen molar-refractivity contribution in [1.29, 1.82) is 5.26 Å². The molecule has 0 fully saturated rings. The number of nitrogens with zero attached hydrogens (tertiary/aromatic N) is 3. The number of hydrogen-bond donors (Lipinski definition) is 0. The number of aromatic nitrogens is 2. The van der Waals surface area contributed by atoms with Gasteiger partial charge in [0.15, 0.2) is 5.82 Å². The molecule has 1 aromatic heterocycles. The average molecular weight is 664 g/mol. The van der Waals surface area contributed by atoms with Crippen molar-refractivity contribution in [2.45, 2.75) is 5.41 Å². The fourth-order valence-electron chi connectivity index (χ4n) is 8.04. The van der Waals surface area contributed by atoms with Crippen LogP contribution in [0.3, 0.4) is 0 Å². The topological polar surface area (TPSA) is 58.8 Å². The Morgan fingerprint density at radius 2 is 0.904 bits per heavy atom. The zero-order valence-corrected chi connectivity index (χ0v) is 28.0. The summed E-state index contributed by atoms with van der Waals surface area (Å²) in [6.07, 6.45) is 0. The molecule has 0 radical (unpaired) electrons. The van der Waals surface area contributed by atoms with Crippen LogP contribution >= 0.6 is 0 Å². The van der Waals surface area contributed by atoms with E-state index in [1.165, 1.54) is 16.7 Å². The summed E-state index contributed by atoms with van der Waals surface area (Å²) < 4.78 is 6.62. The van der Waals surface area contributed by atoms with E-state index in [1.807, 2.05) is 72.8 Å². The van der Waals surface area contributed by atoms with Crippen LogP contribution in [0.25, 0.3) is 56.2 Å². The van der Waals surface area contributed by atoms with Gasteiger partial charge in [-0.05, 0) is 75.8 Å². The summed E-state index contributed by atoms with van der Waals surface area (Å²) in [7, 11) is 0. The summed E-state index contributed by atoms with van der Waals surface area (Å²) in [5, 5.41) is 9.46. The maximum absolute atomic E-state index is 9.46. The molecule has 0 unspecified atom stereocenters. The SMILES string of the molecule is N#Cc1ccc(-c2ccc3c(c2)C2(c4ccccc4Oc4ccccc42)c2cc(-c4nc(-c5ccccc5)cc(-c5ccccc5)n4)ccc2-3)cc1. The Hall–Kier alpha value is -7.09. The van der Waals surface area contributed by atoms with Crippen LogP contribution in [0, 0.1) is 11.3 Å². The summed E-state index contributed by atoms with van der Waals surface area (Å²) in [6.45, 7) is 0. The van der Waals surface area contributed by atoms with Crippen molar-refractivity contribution in [3.8, 4) is 73.7 Å². The molecule has 1 aliphatic carbocycles. The molecule has 0 saturated carbocycles. The van der Waals surface area contributed by atoms with Crippen LogP contribution in [-0.2, 0) is 5.41 Å². The lowest BCUT2D eigenvalue weighted by molar-refractivity contribution is 0.436. The fraction of sp³-hybridized carbons (Fsp3) is 0.0208. The molecule has 0 saturated heterocycles. The van der Waals surface area contributed by atoms with Gasteiger partial charge in [0.2, 0.25) is 0 Å². The second-order valence-electron chi connectivity index (χ2n) is 13.2. The lowest BCUT2D eigenvalue weighted by Gasteiger charge is -2.39. The normalized spacial score (nSPS) is 12.9. The lowest BCUT2D eigenvalue weighted by atomic mass is 9.65. The molecule has 242 valence electrons. The van der Waals surface area contributed by atoms with Gasteiger partial charge in [-0.2, -0.15) is 5.26 Å². The van der Waals surface area contributed by atoms with Gasteiger partial charge in [-0.3, -0.25) is 0 Å². The standard InChI is InChI=1S/C48H29N3O/c49-30-31-19-21-32(22-20-31)35-23-25-37-38-26-24-36(47-50-43(33-11-3-1-4-12-33)29-44(51-47)34-13-5-2-6-14-34)28-42(38)48(41(37)27-35)39-15-7-9-17-45(39)52-46-18-10-8-16-40(46)48/h1-29H. The highest BCUT2D eigenvalue weighted by molar-refractivity contribution is 5.91. The highest BCUT2D eigenvalue weighted by atomic mass is 16.5. The van der Waals surface area contributed by atoms with Crippen molar-refractivity contribution in [2.75, 3.05) is 0 Å². The monoisotopic (exact) mass is 663 g/mol. The first-order valence-electron chi connectivity index (χ1n) is 17.4. The van der Waals surface area contributed by atoms with Gasteiger partial charge in [0.1, 0.15) is 11.5 Å². The number of fused-ring (bicyclic) bond motifs is 9. The molecule has 10 rings (SSSR count). The summed E-state index contributed by atoms with van der Waals surface area (Å²) >= 11 is 0. The highest BCUT2D eigenvalue weighted by Gasteiger charge is 2.51. The van der Waals surface area contributed by atoms with E-state index in [1.54, 1.807) is 0 Å².